The average molecular weight is 177 g/mol. The van der Waals surface area contributed by atoms with Crippen molar-refractivity contribution in [3.8, 4) is 0 Å². The SMILES string of the molecule is OCCCc1sccc1Cl. The Hall–Kier alpha value is -0.0500. The summed E-state index contributed by atoms with van der Waals surface area (Å²) in [5.74, 6) is 0. The minimum atomic E-state index is 0.244. The molecule has 0 aliphatic rings. The van der Waals surface area contributed by atoms with E-state index >= 15 is 0 Å². The average Bonchev–Trinajstić information content (AvgIpc) is 2.31. The molecule has 0 fully saturated rings. The number of aryl methyl sites for hydroxylation is 1. The quantitative estimate of drug-likeness (QED) is 0.750. The molecule has 56 valence electrons. The number of rotatable bonds is 3. The first-order valence-corrected chi connectivity index (χ1v) is 4.43. The van der Waals surface area contributed by atoms with Crippen molar-refractivity contribution in [2.75, 3.05) is 6.61 Å². The Balaban J connectivity index is 2.49. The number of halogens is 1. The molecule has 1 nitrogen and oxygen atoms in total. The van der Waals surface area contributed by atoms with E-state index < -0.39 is 0 Å². The molecule has 0 bridgehead atoms. The Kier molecular flexibility index (Phi) is 3.19. The lowest BCUT2D eigenvalue weighted by Gasteiger charge is -1.93. The number of hydrogen-bond acceptors (Lipinski definition) is 2. The Morgan fingerprint density at radius 3 is 2.90 bits per heavy atom. The van der Waals surface area contributed by atoms with Gasteiger partial charge in [-0.05, 0) is 24.3 Å². The molecule has 0 unspecified atom stereocenters. The molecule has 1 aromatic rings. The van der Waals surface area contributed by atoms with E-state index in [1.54, 1.807) is 11.3 Å². The monoisotopic (exact) mass is 176 g/mol. The first-order chi connectivity index (χ1) is 4.84. The molecule has 0 saturated carbocycles. The predicted molar refractivity (Wildman–Crippen MR) is 44.7 cm³/mol. The van der Waals surface area contributed by atoms with Gasteiger partial charge in [-0.1, -0.05) is 11.6 Å². The van der Waals surface area contributed by atoms with Gasteiger partial charge in [0.2, 0.25) is 0 Å². The first kappa shape index (κ1) is 8.05. The molecule has 0 aliphatic heterocycles. The molecule has 0 radical (unpaired) electrons. The van der Waals surface area contributed by atoms with Gasteiger partial charge in [0, 0.05) is 11.5 Å². The summed E-state index contributed by atoms with van der Waals surface area (Å²) < 4.78 is 0. The third-order valence-electron chi connectivity index (χ3n) is 1.25. The van der Waals surface area contributed by atoms with Crippen LogP contribution in [0.15, 0.2) is 11.4 Å². The van der Waals surface area contributed by atoms with Crippen LogP contribution in [0.5, 0.6) is 0 Å². The van der Waals surface area contributed by atoms with Crippen LogP contribution in [0, 0.1) is 0 Å². The Morgan fingerprint density at radius 2 is 2.40 bits per heavy atom. The summed E-state index contributed by atoms with van der Waals surface area (Å²) >= 11 is 7.45. The molecular formula is C7H9ClOS. The zero-order chi connectivity index (χ0) is 7.40. The highest BCUT2D eigenvalue weighted by Gasteiger charge is 1.99. The number of thiophene rings is 1. The first-order valence-electron chi connectivity index (χ1n) is 3.17. The number of hydrogen-bond donors (Lipinski definition) is 1. The minimum Gasteiger partial charge on any atom is -0.396 e. The Bertz CT molecular complexity index is 197. The van der Waals surface area contributed by atoms with Crippen molar-refractivity contribution < 1.29 is 5.11 Å². The zero-order valence-electron chi connectivity index (χ0n) is 5.51. The Morgan fingerprint density at radius 1 is 1.60 bits per heavy atom. The molecule has 0 aromatic carbocycles. The summed E-state index contributed by atoms with van der Waals surface area (Å²) in [4.78, 5) is 1.18. The van der Waals surface area contributed by atoms with Crippen LogP contribution in [0.3, 0.4) is 0 Å². The van der Waals surface area contributed by atoms with Gasteiger partial charge in [0.25, 0.3) is 0 Å². The van der Waals surface area contributed by atoms with E-state index in [0.717, 1.165) is 17.9 Å². The van der Waals surface area contributed by atoms with E-state index in [4.69, 9.17) is 16.7 Å². The van der Waals surface area contributed by atoms with Crippen molar-refractivity contribution in [1.82, 2.24) is 0 Å². The topological polar surface area (TPSA) is 20.2 Å². The van der Waals surface area contributed by atoms with Crippen LogP contribution in [0.25, 0.3) is 0 Å². The van der Waals surface area contributed by atoms with Gasteiger partial charge < -0.3 is 5.11 Å². The van der Waals surface area contributed by atoms with Crippen molar-refractivity contribution >= 4 is 22.9 Å². The predicted octanol–water partition coefficient (Wildman–Crippen LogP) is 2.33. The van der Waals surface area contributed by atoms with Crippen molar-refractivity contribution in [3.63, 3.8) is 0 Å². The maximum absolute atomic E-state index is 8.52. The standard InChI is InChI=1S/C7H9ClOS/c8-6-3-5-10-7(6)2-1-4-9/h3,5,9H,1-2,4H2. The molecule has 0 amide bonds. The summed E-state index contributed by atoms with van der Waals surface area (Å²) in [6.07, 6.45) is 1.70. The van der Waals surface area contributed by atoms with Crippen molar-refractivity contribution in [2.45, 2.75) is 12.8 Å². The van der Waals surface area contributed by atoms with Gasteiger partial charge in [-0.15, -0.1) is 11.3 Å². The van der Waals surface area contributed by atoms with Crippen LogP contribution in [-0.2, 0) is 6.42 Å². The highest BCUT2D eigenvalue weighted by molar-refractivity contribution is 7.10. The van der Waals surface area contributed by atoms with Gasteiger partial charge in [0.05, 0.1) is 5.02 Å². The third kappa shape index (κ3) is 1.97. The summed E-state index contributed by atoms with van der Waals surface area (Å²) in [5, 5.41) is 11.3. The lowest BCUT2D eigenvalue weighted by atomic mass is 10.3. The summed E-state index contributed by atoms with van der Waals surface area (Å²) in [6.45, 7) is 0.244. The molecule has 0 atom stereocenters. The van der Waals surface area contributed by atoms with Gasteiger partial charge in [-0.25, -0.2) is 0 Å². The fraction of sp³-hybridized carbons (Fsp3) is 0.429. The van der Waals surface area contributed by atoms with Crippen LogP contribution in [0.2, 0.25) is 5.02 Å². The van der Waals surface area contributed by atoms with E-state index in [1.165, 1.54) is 4.88 Å². The smallest absolute Gasteiger partial charge is 0.0545 e. The van der Waals surface area contributed by atoms with Crippen LogP contribution in [0.1, 0.15) is 11.3 Å². The number of aliphatic hydroxyl groups excluding tert-OH is 1. The van der Waals surface area contributed by atoms with E-state index in [-0.39, 0.29) is 6.61 Å². The van der Waals surface area contributed by atoms with Gasteiger partial charge >= 0.3 is 0 Å². The third-order valence-corrected chi connectivity index (χ3v) is 2.70. The fourth-order valence-electron chi connectivity index (χ4n) is 0.743. The van der Waals surface area contributed by atoms with E-state index in [1.807, 2.05) is 11.4 Å². The molecule has 10 heavy (non-hydrogen) atoms. The fourth-order valence-corrected chi connectivity index (χ4v) is 1.92. The molecule has 3 heteroatoms. The van der Waals surface area contributed by atoms with Crippen LogP contribution < -0.4 is 0 Å². The highest BCUT2D eigenvalue weighted by Crippen LogP contribution is 2.22. The van der Waals surface area contributed by atoms with E-state index in [0.29, 0.717) is 0 Å². The zero-order valence-corrected chi connectivity index (χ0v) is 7.08. The summed E-state index contributed by atoms with van der Waals surface area (Å²) in [5.41, 5.74) is 0. The highest BCUT2D eigenvalue weighted by atomic mass is 35.5. The molecule has 1 heterocycles. The van der Waals surface area contributed by atoms with Crippen molar-refractivity contribution in [3.05, 3.63) is 21.3 Å². The van der Waals surface area contributed by atoms with Gasteiger partial charge in [-0.3, -0.25) is 0 Å². The van der Waals surface area contributed by atoms with Crippen LogP contribution >= 0.6 is 22.9 Å². The summed E-state index contributed by atoms with van der Waals surface area (Å²) in [7, 11) is 0. The molecule has 1 aromatic heterocycles. The van der Waals surface area contributed by atoms with Crippen molar-refractivity contribution in [1.29, 1.82) is 0 Å². The maximum atomic E-state index is 8.52. The lowest BCUT2D eigenvalue weighted by Crippen LogP contribution is -1.85. The van der Waals surface area contributed by atoms with Crippen molar-refractivity contribution in [2.24, 2.45) is 0 Å². The molecular weight excluding hydrogens is 168 g/mol. The second kappa shape index (κ2) is 3.96. The van der Waals surface area contributed by atoms with Crippen LogP contribution in [-0.4, -0.2) is 11.7 Å². The van der Waals surface area contributed by atoms with Crippen LogP contribution in [0.4, 0.5) is 0 Å². The summed E-state index contributed by atoms with van der Waals surface area (Å²) in [6, 6.07) is 1.89. The number of aliphatic hydroxyl groups is 1. The largest absolute Gasteiger partial charge is 0.396 e. The lowest BCUT2D eigenvalue weighted by molar-refractivity contribution is 0.289. The molecule has 0 spiro atoms. The van der Waals surface area contributed by atoms with Gasteiger partial charge in [0.1, 0.15) is 0 Å². The van der Waals surface area contributed by atoms with Gasteiger partial charge in [-0.2, -0.15) is 0 Å². The molecule has 1 rings (SSSR count). The second-order valence-electron chi connectivity index (χ2n) is 2.02. The van der Waals surface area contributed by atoms with Gasteiger partial charge in [0.15, 0.2) is 0 Å². The maximum Gasteiger partial charge on any atom is 0.0545 e. The molecule has 0 aliphatic carbocycles. The van der Waals surface area contributed by atoms with E-state index in [2.05, 4.69) is 0 Å². The Labute approximate surface area is 69.3 Å². The van der Waals surface area contributed by atoms with E-state index in [9.17, 15) is 0 Å². The normalized spacial score (nSPS) is 10.2. The molecule has 1 N–H and O–H groups in total. The minimum absolute atomic E-state index is 0.244. The second-order valence-corrected chi connectivity index (χ2v) is 3.43. The molecule has 0 saturated heterocycles.